The van der Waals surface area contributed by atoms with Crippen LogP contribution in [0, 0.1) is 0 Å². The summed E-state index contributed by atoms with van der Waals surface area (Å²) in [5.74, 6) is 0.697. The van der Waals surface area contributed by atoms with E-state index >= 15 is 0 Å². The zero-order chi connectivity index (χ0) is 12.8. The number of nitrogens with zero attached hydrogens (tertiary/aromatic N) is 6. The van der Waals surface area contributed by atoms with Crippen molar-refractivity contribution in [3.8, 4) is 0 Å². The second-order valence-corrected chi connectivity index (χ2v) is 3.46. The fourth-order valence-electron chi connectivity index (χ4n) is 1.19. The lowest BCUT2D eigenvalue weighted by atomic mass is 10.3. The average Bonchev–Trinajstić information content (AvgIpc) is 2.46. The number of hydrogen-bond acceptors (Lipinski definition) is 5. The van der Waals surface area contributed by atoms with Gasteiger partial charge in [0.25, 0.3) is 0 Å². The predicted octanol–water partition coefficient (Wildman–Crippen LogP) is 0.209. The zero-order valence-corrected chi connectivity index (χ0v) is 10.5. The third kappa shape index (κ3) is 2.89. The monoisotopic (exact) mass is 259 g/mol. The lowest BCUT2D eigenvalue weighted by Crippen LogP contribution is -2.16. The molecule has 0 bridgehead atoms. The molecule has 2 aromatic heterocycles. The van der Waals surface area contributed by atoms with Crippen molar-refractivity contribution in [1.82, 2.24) is 19.9 Å². The Morgan fingerprint density at radius 3 is 1.94 bits per heavy atom. The molecule has 0 aliphatic heterocycles. The summed E-state index contributed by atoms with van der Waals surface area (Å²) in [4.78, 5) is 19.7. The highest BCUT2D eigenvalue weighted by atomic mass is 31.0. The summed E-state index contributed by atoms with van der Waals surface area (Å²) in [5, 5.41) is 0. The van der Waals surface area contributed by atoms with Crippen molar-refractivity contribution in [3.63, 3.8) is 0 Å². The molecular weight excluding hydrogens is 249 g/mol. The Balaban J connectivity index is 2.32. The zero-order valence-electron chi connectivity index (χ0n) is 9.30. The van der Waals surface area contributed by atoms with Crippen LogP contribution in [0.2, 0.25) is 0 Å². The van der Waals surface area contributed by atoms with Gasteiger partial charge in [0.05, 0.1) is 11.1 Å². The van der Waals surface area contributed by atoms with Crippen LogP contribution < -0.4 is 5.73 Å². The molecule has 0 fully saturated rings. The van der Waals surface area contributed by atoms with Gasteiger partial charge in [-0.15, -0.1) is 0 Å². The summed E-state index contributed by atoms with van der Waals surface area (Å²) < 4.78 is 3.97. The second kappa shape index (κ2) is 5.88. The van der Waals surface area contributed by atoms with E-state index in [1.165, 1.54) is 12.7 Å². The van der Waals surface area contributed by atoms with Crippen LogP contribution in [0.15, 0.2) is 47.2 Å². The van der Waals surface area contributed by atoms with Gasteiger partial charge in [0.1, 0.15) is 18.5 Å². The lowest BCUT2D eigenvalue weighted by molar-refractivity contribution is 1.15. The van der Waals surface area contributed by atoms with E-state index in [1.54, 1.807) is 24.8 Å². The van der Waals surface area contributed by atoms with Crippen molar-refractivity contribution in [2.45, 2.75) is 0 Å². The molecule has 2 aromatic rings. The van der Waals surface area contributed by atoms with Gasteiger partial charge < -0.3 is 5.73 Å². The van der Waals surface area contributed by atoms with Crippen molar-refractivity contribution >= 4 is 21.1 Å². The smallest absolute Gasteiger partial charge is 0.163 e. The van der Waals surface area contributed by atoms with Gasteiger partial charge in [-0.05, 0) is 9.39 Å². The molecule has 8 heteroatoms. The molecule has 1 atom stereocenters. The largest absolute Gasteiger partial charge is 0.383 e. The minimum atomic E-state index is 0.278. The van der Waals surface area contributed by atoms with Gasteiger partial charge in [0, 0.05) is 24.8 Å². The van der Waals surface area contributed by atoms with E-state index < -0.39 is 0 Å². The van der Waals surface area contributed by atoms with E-state index in [-0.39, 0.29) is 5.84 Å². The van der Waals surface area contributed by atoms with Gasteiger partial charge in [0.15, 0.2) is 5.84 Å². The second-order valence-electron chi connectivity index (χ2n) is 3.20. The van der Waals surface area contributed by atoms with Crippen LogP contribution in [0.3, 0.4) is 0 Å². The van der Waals surface area contributed by atoms with Crippen molar-refractivity contribution in [1.29, 1.82) is 0 Å². The molecule has 0 spiro atoms. The van der Waals surface area contributed by atoms with Gasteiger partial charge in [-0.1, -0.05) is 0 Å². The van der Waals surface area contributed by atoms with Crippen LogP contribution in [0.4, 0.5) is 0 Å². The molecule has 2 heterocycles. The van der Waals surface area contributed by atoms with E-state index in [0.717, 1.165) is 0 Å². The Kier molecular flexibility index (Phi) is 3.98. The molecule has 1 unspecified atom stereocenters. The van der Waals surface area contributed by atoms with E-state index in [0.29, 0.717) is 17.0 Å². The highest BCUT2D eigenvalue weighted by Gasteiger charge is 2.04. The Morgan fingerprint density at radius 1 is 0.944 bits per heavy atom. The summed E-state index contributed by atoms with van der Waals surface area (Å²) in [6.45, 7) is 0. The molecular formula is C10H10N7P. The molecule has 0 amide bonds. The number of nitrogens with two attached hydrogens (primary N) is 1. The summed E-state index contributed by atoms with van der Waals surface area (Å²) in [6, 6.07) is 0. The average molecular weight is 259 g/mol. The maximum absolute atomic E-state index is 5.85. The molecule has 2 rings (SSSR count). The predicted molar refractivity (Wildman–Crippen MR) is 71.0 cm³/mol. The van der Waals surface area contributed by atoms with Crippen LogP contribution in [-0.4, -0.2) is 31.6 Å². The van der Waals surface area contributed by atoms with Crippen LogP contribution in [0.5, 0.6) is 0 Å². The molecule has 2 N–H and O–H groups in total. The molecule has 7 nitrogen and oxygen atoms in total. The standard InChI is InChI=1S/C10H10N7P/c11-9(7-1-12-5-13-2-7)16-10(17-18)8-3-14-6-15-4-8/h1-6H,18H2,(H2,11,16,17). The number of aliphatic imine (C=N–C) groups is 1. The fraction of sp³-hybridized carbons (Fsp3) is 0. The quantitative estimate of drug-likeness (QED) is 0.471. The topological polar surface area (TPSA) is 102 Å². The van der Waals surface area contributed by atoms with Crippen molar-refractivity contribution in [2.24, 2.45) is 15.5 Å². The van der Waals surface area contributed by atoms with Gasteiger partial charge in [0.2, 0.25) is 0 Å². The Morgan fingerprint density at radius 2 is 1.44 bits per heavy atom. The molecule has 0 saturated carbocycles. The minimum Gasteiger partial charge on any atom is -0.383 e. The SMILES string of the molecule is NC(=N/C(=N\P)c1cncnc1)c1cncnc1. The Labute approximate surface area is 106 Å². The van der Waals surface area contributed by atoms with Crippen molar-refractivity contribution in [3.05, 3.63) is 48.6 Å². The van der Waals surface area contributed by atoms with E-state index in [9.17, 15) is 0 Å². The Bertz CT molecular complexity index is 567. The summed E-state index contributed by atoms with van der Waals surface area (Å²) >= 11 is 0. The molecule has 18 heavy (non-hydrogen) atoms. The van der Waals surface area contributed by atoms with Crippen LogP contribution in [0.25, 0.3) is 0 Å². The molecule has 0 aliphatic carbocycles. The maximum Gasteiger partial charge on any atom is 0.163 e. The highest BCUT2D eigenvalue weighted by molar-refractivity contribution is 7.15. The number of amidine groups is 2. The van der Waals surface area contributed by atoms with Crippen LogP contribution >= 0.6 is 9.39 Å². The molecule has 0 aliphatic rings. The van der Waals surface area contributed by atoms with Gasteiger partial charge in [-0.25, -0.2) is 29.7 Å². The number of rotatable bonds is 2. The number of hydrogen-bond donors (Lipinski definition) is 1. The van der Waals surface area contributed by atoms with Crippen molar-refractivity contribution < 1.29 is 0 Å². The highest BCUT2D eigenvalue weighted by Crippen LogP contribution is 2.03. The third-order valence-corrected chi connectivity index (χ3v) is 2.27. The first kappa shape index (κ1) is 12.2. The van der Waals surface area contributed by atoms with Crippen molar-refractivity contribution in [2.75, 3.05) is 0 Å². The normalized spacial score (nSPS) is 12.5. The number of aromatic nitrogens is 4. The first-order chi connectivity index (χ1) is 8.81. The Hall–Kier alpha value is -2.27. The first-order valence-electron chi connectivity index (χ1n) is 4.94. The minimum absolute atomic E-state index is 0.278. The van der Waals surface area contributed by atoms with E-state index in [2.05, 4.69) is 39.1 Å². The van der Waals surface area contributed by atoms with Gasteiger partial charge in [-0.2, -0.15) is 0 Å². The molecule has 0 radical (unpaired) electrons. The molecule has 90 valence electrons. The summed E-state index contributed by atoms with van der Waals surface area (Å²) in [5.41, 5.74) is 7.15. The summed E-state index contributed by atoms with van der Waals surface area (Å²) in [6.07, 6.45) is 9.22. The van der Waals surface area contributed by atoms with Gasteiger partial charge >= 0.3 is 0 Å². The van der Waals surface area contributed by atoms with Crippen LogP contribution in [0.1, 0.15) is 11.1 Å². The van der Waals surface area contributed by atoms with Crippen LogP contribution in [-0.2, 0) is 0 Å². The van der Waals surface area contributed by atoms with Gasteiger partial charge in [-0.3, -0.25) is 0 Å². The van der Waals surface area contributed by atoms with E-state index in [4.69, 9.17) is 5.73 Å². The lowest BCUT2D eigenvalue weighted by Gasteiger charge is -2.02. The third-order valence-electron chi connectivity index (χ3n) is 2.02. The first-order valence-corrected chi connectivity index (χ1v) is 5.45. The maximum atomic E-state index is 5.85. The molecule has 0 aromatic carbocycles. The fourth-order valence-corrected chi connectivity index (χ4v) is 1.40. The molecule has 0 saturated heterocycles. The summed E-state index contributed by atoms with van der Waals surface area (Å²) in [7, 11) is 2.23. The van der Waals surface area contributed by atoms with E-state index in [1.807, 2.05) is 0 Å².